The summed E-state index contributed by atoms with van der Waals surface area (Å²) in [7, 11) is 0. The largest absolute Gasteiger partial charge is 0.355 e. The summed E-state index contributed by atoms with van der Waals surface area (Å²) in [6.45, 7) is 10.1. The molecule has 0 aliphatic heterocycles. The van der Waals surface area contributed by atoms with Gasteiger partial charge in [0, 0.05) is 26.1 Å². The van der Waals surface area contributed by atoms with Crippen LogP contribution in [0.5, 0.6) is 0 Å². The third-order valence-electron chi connectivity index (χ3n) is 3.24. The monoisotopic (exact) mass is 212 g/mol. The van der Waals surface area contributed by atoms with Gasteiger partial charge in [-0.3, -0.25) is 4.79 Å². The van der Waals surface area contributed by atoms with Gasteiger partial charge < -0.3 is 10.6 Å². The first-order valence-corrected chi connectivity index (χ1v) is 5.88. The zero-order valence-corrected chi connectivity index (χ0v) is 10.4. The van der Waals surface area contributed by atoms with Crippen molar-refractivity contribution < 1.29 is 4.79 Å². The van der Waals surface area contributed by atoms with E-state index in [0.717, 1.165) is 19.0 Å². The van der Waals surface area contributed by atoms with Gasteiger partial charge in [0.1, 0.15) is 0 Å². The molecule has 0 aromatic heterocycles. The SMILES string of the molecule is CC(=O)NCCNC1CC(C)(C)CC1C. The smallest absolute Gasteiger partial charge is 0.216 e. The number of hydrogen-bond donors (Lipinski definition) is 2. The summed E-state index contributed by atoms with van der Waals surface area (Å²) in [5.41, 5.74) is 0.477. The van der Waals surface area contributed by atoms with Gasteiger partial charge >= 0.3 is 0 Å². The lowest BCUT2D eigenvalue weighted by Crippen LogP contribution is -2.37. The lowest BCUT2D eigenvalue weighted by Gasteiger charge is -2.18. The van der Waals surface area contributed by atoms with Crippen LogP contribution in [-0.2, 0) is 4.79 Å². The van der Waals surface area contributed by atoms with Crippen LogP contribution in [0.15, 0.2) is 0 Å². The van der Waals surface area contributed by atoms with Crippen molar-refractivity contribution >= 4 is 5.91 Å². The van der Waals surface area contributed by atoms with Gasteiger partial charge in [0.25, 0.3) is 0 Å². The van der Waals surface area contributed by atoms with E-state index >= 15 is 0 Å². The van der Waals surface area contributed by atoms with Gasteiger partial charge in [0.15, 0.2) is 0 Å². The highest BCUT2D eigenvalue weighted by molar-refractivity contribution is 5.72. The maximum absolute atomic E-state index is 10.7. The minimum atomic E-state index is 0.0524. The van der Waals surface area contributed by atoms with Crippen LogP contribution < -0.4 is 10.6 Å². The van der Waals surface area contributed by atoms with Crippen molar-refractivity contribution in [3.63, 3.8) is 0 Å². The van der Waals surface area contributed by atoms with Crippen LogP contribution in [0.3, 0.4) is 0 Å². The normalized spacial score (nSPS) is 29.1. The number of nitrogens with one attached hydrogen (secondary N) is 2. The second kappa shape index (κ2) is 4.97. The summed E-state index contributed by atoms with van der Waals surface area (Å²) in [5.74, 6) is 0.800. The molecule has 3 heteroatoms. The van der Waals surface area contributed by atoms with Gasteiger partial charge in [-0.25, -0.2) is 0 Å². The third-order valence-corrected chi connectivity index (χ3v) is 3.24. The molecule has 2 unspecified atom stereocenters. The molecule has 1 amide bonds. The Kier molecular flexibility index (Phi) is 4.14. The topological polar surface area (TPSA) is 41.1 Å². The van der Waals surface area contributed by atoms with E-state index in [-0.39, 0.29) is 5.91 Å². The van der Waals surface area contributed by atoms with Gasteiger partial charge in [-0.05, 0) is 24.2 Å². The molecule has 3 nitrogen and oxygen atoms in total. The highest BCUT2D eigenvalue weighted by Gasteiger charge is 2.35. The second-order valence-electron chi connectivity index (χ2n) is 5.59. The van der Waals surface area contributed by atoms with Crippen molar-refractivity contribution in [2.45, 2.75) is 46.6 Å². The first-order chi connectivity index (χ1) is 6.91. The molecule has 15 heavy (non-hydrogen) atoms. The Morgan fingerprint density at radius 1 is 1.33 bits per heavy atom. The third kappa shape index (κ3) is 4.20. The molecule has 0 spiro atoms. The molecule has 0 aromatic rings. The van der Waals surface area contributed by atoms with Crippen molar-refractivity contribution in [3.8, 4) is 0 Å². The molecule has 1 aliphatic rings. The molecular formula is C12H24N2O. The summed E-state index contributed by atoms with van der Waals surface area (Å²) in [6, 6.07) is 0.619. The molecular weight excluding hydrogens is 188 g/mol. The van der Waals surface area contributed by atoms with Gasteiger partial charge in [-0.15, -0.1) is 0 Å². The highest BCUT2D eigenvalue weighted by atomic mass is 16.1. The van der Waals surface area contributed by atoms with Gasteiger partial charge in [0.2, 0.25) is 5.91 Å². The summed E-state index contributed by atoms with van der Waals surface area (Å²) < 4.78 is 0. The van der Waals surface area contributed by atoms with Crippen molar-refractivity contribution in [3.05, 3.63) is 0 Å². The molecule has 2 atom stereocenters. The fourth-order valence-electron chi connectivity index (χ4n) is 2.66. The maximum Gasteiger partial charge on any atom is 0.216 e. The summed E-state index contributed by atoms with van der Waals surface area (Å²) in [4.78, 5) is 10.7. The van der Waals surface area contributed by atoms with E-state index in [9.17, 15) is 4.79 Å². The van der Waals surface area contributed by atoms with Crippen LogP contribution in [0.1, 0.15) is 40.5 Å². The summed E-state index contributed by atoms with van der Waals surface area (Å²) >= 11 is 0. The van der Waals surface area contributed by atoms with Gasteiger partial charge in [-0.2, -0.15) is 0 Å². The average Bonchev–Trinajstić information content (AvgIpc) is 2.33. The van der Waals surface area contributed by atoms with E-state index in [0.29, 0.717) is 11.5 Å². The Hall–Kier alpha value is -0.570. The van der Waals surface area contributed by atoms with Crippen molar-refractivity contribution in [1.29, 1.82) is 0 Å². The standard InChI is InChI=1S/C12H24N2O/c1-9-7-12(3,4)8-11(9)14-6-5-13-10(2)15/h9,11,14H,5-8H2,1-4H3,(H,13,15). The minimum Gasteiger partial charge on any atom is -0.355 e. The Morgan fingerprint density at radius 2 is 2.00 bits per heavy atom. The molecule has 0 aromatic carbocycles. The molecule has 1 saturated carbocycles. The first-order valence-electron chi connectivity index (χ1n) is 5.88. The number of rotatable bonds is 4. The Morgan fingerprint density at radius 3 is 2.47 bits per heavy atom. The van der Waals surface area contributed by atoms with E-state index in [2.05, 4.69) is 31.4 Å². The Bertz CT molecular complexity index is 226. The highest BCUT2D eigenvalue weighted by Crippen LogP contribution is 2.40. The maximum atomic E-state index is 10.7. The molecule has 0 heterocycles. The quantitative estimate of drug-likeness (QED) is 0.694. The lowest BCUT2D eigenvalue weighted by molar-refractivity contribution is -0.118. The Labute approximate surface area is 93.0 Å². The molecule has 2 N–H and O–H groups in total. The summed E-state index contributed by atoms with van der Waals surface area (Å²) in [5, 5.41) is 6.33. The van der Waals surface area contributed by atoms with Crippen LogP contribution >= 0.6 is 0 Å². The number of amides is 1. The molecule has 1 fully saturated rings. The van der Waals surface area contributed by atoms with Gasteiger partial charge in [0.05, 0.1) is 0 Å². The predicted octanol–water partition coefficient (Wildman–Crippen LogP) is 1.54. The van der Waals surface area contributed by atoms with Crippen molar-refractivity contribution in [1.82, 2.24) is 10.6 Å². The van der Waals surface area contributed by atoms with Crippen LogP contribution in [0.4, 0.5) is 0 Å². The van der Waals surface area contributed by atoms with E-state index in [4.69, 9.17) is 0 Å². The van der Waals surface area contributed by atoms with Crippen LogP contribution in [-0.4, -0.2) is 25.0 Å². The van der Waals surface area contributed by atoms with E-state index < -0.39 is 0 Å². The molecule has 0 bridgehead atoms. The van der Waals surface area contributed by atoms with Crippen LogP contribution in [0.25, 0.3) is 0 Å². The number of carbonyl (C=O) groups excluding carboxylic acids is 1. The zero-order valence-electron chi connectivity index (χ0n) is 10.4. The summed E-state index contributed by atoms with van der Waals surface area (Å²) in [6.07, 6.45) is 2.54. The van der Waals surface area contributed by atoms with E-state index in [1.54, 1.807) is 6.92 Å². The van der Waals surface area contributed by atoms with Gasteiger partial charge in [-0.1, -0.05) is 20.8 Å². The zero-order chi connectivity index (χ0) is 11.5. The average molecular weight is 212 g/mol. The number of carbonyl (C=O) groups is 1. The number of hydrogen-bond acceptors (Lipinski definition) is 2. The Balaban J connectivity index is 2.19. The van der Waals surface area contributed by atoms with Crippen molar-refractivity contribution in [2.24, 2.45) is 11.3 Å². The second-order valence-corrected chi connectivity index (χ2v) is 5.59. The fourth-order valence-corrected chi connectivity index (χ4v) is 2.66. The molecule has 0 radical (unpaired) electrons. The molecule has 0 saturated heterocycles. The lowest BCUT2D eigenvalue weighted by atomic mass is 9.91. The molecule has 88 valence electrons. The fraction of sp³-hybridized carbons (Fsp3) is 0.917. The van der Waals surface area contributed by atoms with E-state index in [1.165, 1.54) is 12.8 Å². The molecule has 1 aliphatic carbocycles. The van der Waals surface area contributed by atoms with Crippen LogP contribution in [0, 0.1) is 11.3 Å². The van der Waals surface area contributed by atoms with Crippen LogP contribution in [0.2, 0.25) is 0 Å². The predicted molar refractivity (Wildman–Crippen MR) is 62.7 cm³/mol. The minimum absolute atomic E-state index is 0.0524. The molecule has 1 rings (SSSR count). The van der Waals surface area contributed by atoms with E-state index in [1.807, 2.05) is 0 Å². The first kappa shape index (κ1) is 12.5. The van der Waals surface area contributed by atoms with Crippen molar-refractivity contribution in [2.75, 3.05) is 13.1 Å².